The van der Waals surface area contributed by atoms with E-state index in [2.05, 4.69) is 19.0 Å². The normalized spacial score (nSPS) is 57.0. The van der Waals surface area contributed by atoms with Gasteiger partial charge in [0.1, 0.15) is 0 Å². The molecule has 0 saturated heterocycles. The van der Waals surface area contributed by atoms with Crippen molar-refractivity contribution in [2.75, 3.05) is 7.11 Å². The first-order valence-electron chi connectivity index (χ1n) is 9.95. The molecule has 3 N–H and O–H groups in total. The molecule has 4 aliphatic rings. The zero-order valence-electron chi connectivity index (χ0n) is 15.7. The fraction of sp³-hybridized carbons (Fsp3) is 0.950. The lowest BCUT2D eigenvalue weighted by atomic mass is 9.44. The summed E-state index contributed by atoms with van der Waals surface area (Å²) < 4.78 is 5.59. The Morgan fingerprint density at radius 3 is 2.52 bits per heavy atom. The number of aliphatic hydroxyl groups excluding tert-OH is 2. The Morgan fingerprint density at radius 1 is 1.08 bits per heavy atom. The van der Waals surface area contributed by atoms with E-state index in [0.29, 0.717) is 24.2 Å². The second-order valence-electron chi connectivity index (χ2n) is 9.63. The highest BCUT2D eigenvalue weighted by atomic mass is 16.5. The van der Waals surface area contributed by atoms with Crippen LogP contribution in [0, 0.1) is 34.5 Å². The van der Waals surface area contributed by atoms with Gasteiger partial charge in [0, 0.05) is 12.5 Å². The van der Waals surface area contributed by atoms with Crippen molar-refractivity contribution in [3.63, 3.8) is 0 Å². The Morgan fingerprint density at radius 2 is 1.84 bits per heavy atom. The number of fused-ring (bicyclic) bond motifs is 5. The van der Waals surface area contributed by atoms with Gasteiger partial charge < -0.3 is 20.2 Å². The quantitative estimate of drug-likeness (QED) is 0.501. The van der Waals surface area contributed by atoms with Crippen molar-refractivity contribution < 1.29 is 20.2 Å². The molecule has 4 fully saturated rings. The number of hydrogen-bond donors (Lipinski definition) is 3. The first-order chi connectivity index (χ1) is 11.8. The molecule has 4 rings (SSSR count). The average molecular weight is 351 g/mol. The summed E-state index contributed by atoms with van der Waals surface area (Å²) in [5.41, 5.74) is 0.742. The van der Waals surface area contributed by atoms with Crippen LogP contribution in [0.25, 0.3) is 0 Å². The van der Waals surface area contributed by atoms with Gasteiger partial charge in [-0.15, -0.1) is 0 Å². The van der Waals surface area contributed by atoms with Gasteiger partial charge >= 0.3 is 0 Å². The number of ether oxygens (including phenoxy) is 1. The van der Waals surface area contributed by atoms with Crippen LogP contribution in [0.3, 0.4) is 0 Å². The van der Waals surface area contributed by atoms with E-state index >= 15 is 0 Å². The summed E-state index contributed by atoms with van der Waals surface area (Å²) in [4.78, 5) is 0. The fourth-order valence-electron chi connectivity index (χ4n) is 7.58. The molecule has 0 spiro atoms. The third-order valence-corrected chi connectivity index (χ3v) is 8.76. The molecule has 142 valence electrons. The van der Waals surface area contributed by atoms with Gasteiger partial charge in [-0.2, -0.15) is 0 Å². The van der Waals surface area contributed by atoms with Crippen molar-refractivity contribution in [1.82, 2.24) is 0 Å². The maximum absolute atomic E-state index is 11.2. The highest BCUT2D eigenvalue weighted by Crippen LogP contribution is 2.65. The van der Waals surface area contributed by atoms with Crippen LogP contribution in [-0.4, -0.2) is 46.6 Å². The molecule has 4 aliphatic carbocycles. The molecule has 0 heterocycles. The molecule has 0 aromatic rings. The number of rotatable bonds is 1. The van der Waals surface area contributed by atoms with Crippen LogP contribution < -0.4 is 0 Å². The van der Waals surface area contributed by atoms with Crippen LogP contribution >= 0.6 is 0 Å². The van der Waals surface area contributed by atoms with E-state index < -0.39 is 0 Å². The minimum atomic E-state index is -0.384. The fourth-order valence-corrected chi connectivity index (χ4v) is 7.58. The predicted molar refractivity (Wildman–Crippen MR) is 94.5 cm³/mol. The second kappa shape index (κ2) is 5.93. The SMILES string of the molecule is CO[C@H]1C[C@@]2(C)[C@@H](CC[C@@H]3[C@@H]2[C@@H](O)C[C@]2(C)/C(=N/O)CC[C@@H]32)C[C@@H]1O. The first-order valence-corrected chi connectivity index (χ1v) is 9.95. The van der Waals surface area contributed by atoms with Crippen molar-refractivity contribution in [1.29, 1.82) is 0 Å². The lowest BCUT2D eigenvalue weighted by molar-refractivity contribution is -0.191. The summed E-state index contributed by atoms with van der Waals surface area (Å²) in [7, 11) is 1.69. The van der Waals surface area contributed by atoms with Crippen LogP contribution in [-0.2, 0) is 4.74 Å². The highest BCUT2D eigenvalue weighted by Gasteiger charge is 2.63. The molecule has 5 heteroatoms. The first kappa shape index (κ1) is 17.7. The summed E-state index contributed by atoms with van der Waals surface area (Å²) in [6.07, 6.45) is 5.59. The molecule has 0 radical (unpaired) electrons. The Labute approximate surface area is 150 Å². The Kier molecular flexibility index (Phi) is 4.21. The molecule has 0 unspecified atom stereocenters. The van der Waals surface area contributed by atoms with Crippen LogP contribution in [0.5, 0.6) is 0 Å². The third-order valence-electron chi connectivity index (χ3n) is 8.76. The molecule has 0 bridgehead atoms. The van der Waals surface area contributed by atoms with Crippen LogP contribution in [0.2, 0.25) is 0 Å². The van der Waals surface area contributed by atoms with E-state index in [1.165, 1.54) is 0 Å². The summed E-state index contributed by atoms with van der Waals surface area (Å²) in [6.45, 7) is 4.52. The summed E-state index contributed by atoms with van der Waals surface area (Å²) in [6, 6.07) is 0. The minimum Gasteiger partial charge on any atom is -0.411 e. The van der Waals surface area contributed by atoms with E-state index in [1.807, 2.05) is 0 Å². The number of methoxy groups -OCH3 is 1. The van der Waals surface area contributed by atoms with Gasteiger partial charge in [-0.25, -0.2) is 0 Å². The number of hydrogen-bond acceptors (Lipinski definition) is 5. The zero-order chi connectivity index (χ0) is 18.0. The van der Waals surface area contributed by atoms with Crippen molar-refractivity contribution >= 4 is 5.71 Å². The Hall–Kier alpha value is -0.650. The monoisotopic (exact) mass is 351 g/mol. The lowest BCUT2D eigenvalue weighted by Crippen LogP contribution is -2.61. The number of nitrogens with zero attached hydrogens (tertiary/aromatic N) is 1. The number of aliphatic hydroxyl groups is 2. The standard InChI is InChI=1S/C20H33NO4/c1-19-10-16(25-3)14(22)8-11(19)4-5-12-13-6-7-17(21-24)20(13,2)9-15(23)18(12)19/h11-16,18,22-24H,4-10H2,1-3H3/b21-17+/t11-,12-,13-,14-,15-,16-,18+,19-,20-/m0/s1. The Bertz CT molecular complexity index is 566. The van der Waals surface area contributed by atoms with E-state index in [4.69, 9.17) is 4.74 Å². The molecular weight excluding hydrogens is 318 g/mol. The van der Waals surface area contributed by atoms with Gasteiger partial charge in [-0.1, -0.05) is 19.0 Å². The zero-order valence-corrected chi connectivity index (χ0v) is 15.7. The third kappa shape index (κ3) is 2.35. The summed E-state index contributed by atoms with van der Waals surface area (Å²) >= 11 is 0. The summed E-state index contributed by atoms with van der Waals surface area (Å²) in [5.74, 6) is 1.69. The van der Waals surface area contributed by atoms with E-state index in [-0.39, 0.29) is 35.1 Å². The number of oxime groups is 1. The van der Waals surface area contributed by atoms with Crippen molar-refractivity contribution in [2.24, 2.45) is 39.7 Å². The van der Waals surface area contributed by atoms with Crippen LogP contribution in [0.1, 0.15) is 58.8 Å². The molecule has 5 nitrogen and oxygen atoms in total. The van der Waals surface area contributed by atoms with Crippen LogP contribution in [0.15, 0.2) is 5.16 Å². The van der Waals surface area contributed by atoms with Crippen molar-refractivity contribution in [3.8, 4) is 0 Å². The Balaban J connectivity index is 1.69. The van der Waals surface area contributed by atoms with Gasteiger partial charge in [0.2, 0.25) is 0 Å². The molecular formula is C20H33NO4. The molecule has 4 saturated carbocycles. The largest absolute Gasteiger partial charge is 0.411 e. The lowest BCUT2D eigenvalue weighted by Gasteiger charge is -2.62. The highest BCUT2D eigenvalue weighted by molar-refractivity contribution is 5.92. The van der Waals surface area contributed by atoms with Crippen molar-refractivity contribution in [2.45, 2.75) is 77.1 Å². The second-order valence-corrected chi connectivity index (χ2v) is 9.63. The minimum absolute atomic E-state index is 0.0165. The van der Waals surface area contributed by atoms with Gasteiger partial charge in [-0.3, -0.25) is 0 Å². The smallest absolute Gasteiger partial charge is 0.0835 e. The molecule has 0 aromatic carbocycles. The molecule has 9 atom stereocenters. The molecule has 25 heavy (non-hydrogen) atoms. The van der Waals surface area contributed by atoms with Gasteiger partial charge in [0.25, 0.3) is 0 Å². The van der Waals surface area contributed by atoms with E-state index in [1.54, 1.807) is 7.11 Å². The summed E-state index contributed by atoms with van der Waals surface area (Å²) in [5, 5.41) is 34.7. The predicted octanol–water partition coefficient (Wildman–Crippen LogP) is 2.82. The van der Waals surface area contributed by atoms with Gasteiger partial charge in [0.05, 0.1) is 24.0 Å². The molecule has 0 aliphatic heterocycles. The van der Waals surface area contributed by atoms with Crippen LogP contribution in [0.4, 0.5) is 0 Å². The van der Waals surface area contributed by atoms with Crippen molar-refractivity contribution in [3.05, 3.63) is 0 Å². The van der Waals surface area contributed by atoms with Gasteiger partial charge in [-0.05, 0) is 74.0 Å². The average Bonchev–Trinajstić information content (AvgIpc) is 2.90. The molecule has 0 amide bonds. The van der Waals surface area contributed by atoms with E-state index in [9.17, 15) is 15.4 Å². The maximum atomic E-state index is 11.2. The maximum Gasteiger partial charge on any atom is 0.0835 e. The van der Waals surface area contributed by atoms with Gasteiger partial charge in [0.15, 0.2) is 0 Å². The molecule has 0 aromatic heterocycles. The topological polar surface area (TPSA) is 82.3 Å². The van der Waals surface area contributed by atoms with E-state index in [0.717, 1.165) is 44.2 Å².